The molecule has 0 bridgehead atoms. The molecule has 5 rings (SSSR count). The Balaban J connectivity index is 1.34. The van der Waals surface area contributed by atoms with E-state index in [0.717, 1.165) is 32.9 Å². The molecule has 3 heterocycles. The number of ether oxygens (including phenoxy) is 1. The summed E-state index contributed by atoms with van der Waals surface area (Å²) in [5.41, 5.74) is 5.11. The SMILES string of the molecule is O=C(COc1ccccc1C1SCCS1)Nn1cnc2scc(-c3ccccc3)c2c1=O. The van der Waals surface area contributed by atoms with Crippen LogP contribution in [-0.2, 0) is 4.79 Å². The Labute approximate surface area is 197 Å². The minimum Gasteiger partial charge on any atom is -0.483 e. The van der Waals surface area contributed by atoms with Crippen molar-refractivity contribution in [2.75, 3.05) is 23.5 Å². The lowest BCUT2D eigenvalue weighted by atomic mass is 10.1. The van der Waals surface area contributed by atoms with Gasteiger partial charge < -0.3 is 4.74 Å². The lowest BCUT2D eigenvalue weighted by Crippen LogP contribution is -2.35. The van der Waals surface area contributed by atoms with E-state index >= 15 is 0 Å². The van der Waals surface area contributed by atoms with Crippen LogP contribution in [0.3, 0.4) is 0 Å². The number of nitrogens with one attached hydrogen (secondary N) is 1. The highest BCUT2D eigenvalue weighted by Gasteiger charge is 2.22. The van der Waals surface area contributed by atoms with E-state index in [2.05, 4.69) is 10.4 Å². The van der Waals surface area contributed by atoms with Crippen molar-refractivity contribution in [3.8, 4) is 16.9 Å². The van der Waals surface area contributed by atoms with Gasteiger partial charge in [0.15, 0.2) is 6.61 Å². The molecular weight excluding hydrogens is 462 g/mol. The zero-order valence-corrected chi connectivity index (χ0v) is 19.3. The van der Waals surface area contributed by atoms with Gasteiger partial charge in [0.2, 0.25) is 0 Å². The van der Waals surface area contributed by atoms with Gasteiger partial charge in [-0.25, -0.2) is 9.66 Å². The van der Waals surface area contributed by atoms with E-state index in [4.69, 9.17) is 4.74 Å². The minimum atomic E-state index is -0.425. The predicted octanol–water partition coefficient (Wildman–Crippen LogP) is 4.75. The number of hydrogen-bond donors (Lipinski definition) is 1. The van der Waals surface area contributed by atoms with E-state index in [1.165, 1.54) is 17.7 Å². The quantitative estimate of drug-likeness (QED) is 0.428. The highest BCUT2D eigenvalue weighted by molar-refractivity contribution is 8.19. The summed E-state index contributed by atoms with van der Waals surface area (Å²) < 4.78 is 7.26. The Morgan fingerprint density at radius 3 is 2.66 bits per heavy atom. The molecule has 1 aliphatic heterocycles. The summed E-state index contributed by atoms with van der Waals surface area (Å²) >= 11 is 5.16. The third kappa shape index (κ3) is 4.28. The molecule has 1 fully saturated rings. The number of carbonyl (C=O) groups is 1. The van der Waals surface area contributed by atoms with Gasteiger partial charge >= 0.3 is 0 Å². The van der Waals surface area contributed by atoms with Crippen LogP contribution in [0.25, 0.3) is 21.3 Å². The number of aromatic nitrogens is 2. The molecule has 32 heavy (non-hydrogen) atoms. The number of hydrogen-bond acceptors (Lipinski definition) is 7. The van der Waals surface area contributed by atoms with Crippen LogP contribution in [-0.4, -0.2) is 33.7 Å². The largest absolute Gasteiger partial charge is 0.483 e. The van der Waals surface area contributed by atoms with Gasteiger partial charge in [-0.05, 0) is 11.6 Å². The van der Waals surface area contributed by atoms with Crippen LogP contribution in [0.4, 0.5) is 0 Å². The molecule has 4 aromatic rings. The first-order chi connectivity index (χ1) is 15.7. The second-order valence-corrected chi connectivity index (χ2v) is 10.6. The summed E-state index contributed by atoms with van der Waals surface area (Å²) in [5, 5.41) is 2.41. The van der Waals surface area contributed by atoms with Gasteiger partial charge in [-0.3, -0.25) is 15.0 Å². The van der Waals surface area contributed by atoms with Crippen LogP contribution < -0.4 is 15.7 Å². The van der Waals surface area contributed by atoms with Crippen molar-refractivity contribution in [2.24, 2.45) is 0 Å². The maximum absolute atomic E-state index is 13.1. The normalized spacial score (nSPS) is 14.0. The van der Waals surface area contributed by atoms with Gasteiger partial charge in [0, 0.05) is 28.0 Å². The molecule has 2 aromatic carbocycles. The molecule has 1 aliphatic rings. The van der Waals surface area contributed by atoms with Crippen LogP contribution >= 0.6 is 34.9 Å². The number of nitrogens with zero attached hydrogens (tertiary/aromatic N) is 2. The Hall–Kier alpha value is -2.75. The Kier molecular flexibility index (Phi) is 6.20. The topological polar surface area (TPSA) is 73.2 Å². The fraction of sp³-hybridized carbons (Fsp3) is 0.174. The van der Waals surface area contributed by atoms with Crippen molar-refractivity contribution in [2.45, 2.75) is 4.58 Å². The fourth-order valence-corrected chi connectivity index (χ4v) is 7.31. The van der Waals surface area contributed by atoms with Crippen molar-refractivity contribution in [3.05, 3.63) is 82.2 Å². The second kappa shape index (κ2) is 9.40. The highest BCUT2D eigenvalue weighted by Crippen LogP contribution is 2.48. The summed E-state index contributed by atoms with van der Waals surface area (Å²) in [6.45, 7) is -0.196. The van der Waals surface area contributed by atoms with Gasteiger partial charge in [-0.2, -0.15) is 0 Å². The third-order valence-electron chi connectivity index (χ3n) is 4.98. The van der Waals surface area contributed by atoms with Crippen molar-refractivity contribution in [3.63, 3.8) is 0 Å². The molecule has 1 amide bonds. The molecule has 0 aliphatic carbocycles. The lowest BCUT2D eigenvalue weighted by molar-refractivity contribution is -0.119. The van der Waals surface area contributed by atoms with Crippen LogP contribution in [0, 0.1) is 0 Å². The first kappa shape index (κ1) is 21.1. The summed E-state index contributed by atoms with van der Waals surface area (Å²) in [6.07, 6.45) is 1.34. The van der Waals surface area contributed by atoms with E-state index in [-0.39, 0.29) is 12.2 Å². The number of benzene rings is 2. The van der Waals surface area contributed by atoms with Crippen LogP contribution in [0.2, 0.25) is 0 Å². The maximum Gasteiger partial charge on any atom is 0.281 e. The van der Waals surface area contributed by atoms with Crippen LogP contribution in [0.15, 0.2) is 71.1 Å². The van der Waals surface area contributed by atoms with Crippen molar-refractivity contribution in [1.82, 2.24) is 9.66 Å². The Morgan fingerprint density at radius 1 is 1.09 bits per heavy atom. The number of thioether (sulfide) groups is 2. The lowest BCUT2D eigenvalue weighted by Gasteiger charge is -2.15. The number of para-hydroxylation sites is 1. The minimum absolute atomic E-state index is 0.196. The third-order valence-corrected chi connectivity index (χ3v) is 8.93. The molecule has 1 N–H and O–H groups in total. The summed E-state index contributed by atoms with van der Waals surface area (Å²) in [5.74, 6) is 2.48. The summed E-state index contributed by atoms with van der Waals surface area (Å²) in [7, 11) is 0. The zero-order chi connectivity index (χ0) is 21.9. The Morgan fingerprint density at radius 2 is 1.84 bits per heavy atom. The molecule has 1 saturated heterocycles. The molecule has 0 unspecified atom stereocenters. The first-order valence-electron chi connectivity index (χ1n) is 10.00. The van der Waals surface area contributed by atoms with Gasteiger partial charge in [0.25, 0.3) is 11.5 Å². The van der Waals surface area contributed by atoms with E-state index in [1.807, 2.05) is 83.5 Å². The molecule has 0 atom stereocenters. The number of fused-ring (bicyclic) bond motifs is 1. The monoisotopic (exact) mass is 481 g/mol. The van der Waals surface area contributed by atoms with E-state index in [0.29, 0.717) is 20.5 Å². The number of carbonyl (C=O) groups excluding carboxylic acids is 1. The fourth-order valence-electron chi connectivity index (χ4n) is 3.50. The van der Waals surface area contributed by atoms with E-state index < -0.39 is 5.91 Å². The molecule has 0 radical (unpaired) electrons. The van der Waals surface area contributed by atoms with Crippen molar-refractivity contribution >= 4 is 51.0 Å². The molecule has 2 aromatic heterocycles. The maximum atomic E-state index is 13.1. The average Bonchev–Trinajstić information content (AvgIpc) is 3.51. The van der Waals surface area contributed by atoms with Gasteiger partial charge in [-0.1, -0.05) is 48.5 Å². The Bertz CT molecular complexity index is 1310. The number of thiophene rings is 1. The number of amides is 1. The van der Waals surface area contributed by atoms with Crippen molar-refractivity contribution in [1.29, 1.82) is 0 Å². The molecule has 0 saturated carbocycles. The van der Waals surface area contributed by atoms with Gasteiger partial charge in [0.05, 0.1) is 9.97 Å². The average molecular weight is 482 g/mol. The predicted molar refractivity (Wildman–Crippen MR) is 133 cm³/mol. The zero-order valence-electron chi connectivity index (χ0n) is 16.9. The van der Waals surface area contributed by atoms with Crippen LogP contribution in [0.1, 0.15) is 10.1 Å². The van der Waals surface area contributed by atoms with Crippen LogP contribution in [0.5, 0.6) is 5.75 Å². The van der Waals surface area contributed by atoms with Gasteiger partial charge in [-0.15, -0.1) is 34.9 Å². The second-order valence-electron chi connectivity index (χ2n) is 7.05. The molecule has 0 spiro atoms. The van der Waals surface area contributed by atoms with E-state index in [1.54, 1.807) is 0 Å². The number of rotatable bonds is 6. The van der Waals surface area contributed by atoms with E-state index in [9.17, 15) is 9.59 Å². The van der Waals surface area contributed by atoms with Gasteiger partial charge in [0.1, 0.15) is 16.9 Å². The standard InChI is InChI=1S/C23H19N3O3S3/c27-19(12-29-18-9-5-4-8-16(18)23-30-10-11-31-23)25-26-14-24-21-20(22(26)28)17(13-32-21)15-6-2-1-3-7-15/h1-9,13-14,23H,10-12H2,(H,25,27). The summed E-state index contributed by atoms with van der Waals surface area (Å²) in [6, 6.07) is 17.5. The molecule has 9 heteroatoms. The molecule has 6 nitrogen and oxygen atoms in total. The summed E-state index contributed by atoms with van der Waals surface area (Å²) in [4.78, 5) is 30.6. The van der Waals surface area contributed by atoms with Crippen molar-refractivity contribution < 1.29 is 9.53 Å². The molecular formula is C23H19N3O3S3. The smallest absolute Gasteiger partial charge is 0.281 e. The first-order valence-corrected chi connectivity index (χ1v) is 13.0. The highest BCUT2D eigenvalue weighted by atomic mass is 32.2. The molecule has 162 valence electrons.